The van der Waals surface area contributed by atoms with E-state index in [-0.39, 0.29) is 5.91 Å². The van der Waals surface area contributed by atoms with Gasteiger partial charge in [-0.15, -0.1) is 0 Å². The second kappa shape index (κ2) is 4.79. The number of carbonyl (C=O) groups is 1. The number of hydrogen-bond donors (Lipinski definition) is 2. The maximum atomic E-state index is 11.9. The highest BCUT2D eigenvalue weighted by Crippen LogP contribution is 2.14. The molecule has 3 N–H and O–H groups in total. The van der Waals surface area contributed by atoms with Gasteiger partial charge in [-0.2, -0.15) is 0 Å². The number of anilines is 1. The Balaban J connectivity index is 1.91. The molecule has 1 aromatic heterocycles. The molecule has 0 radical (unpaired) electrons. The zero-order chi connectivity index (χ0) is 12.4. The summed E-state index contributed by atoms with van der Waals surface area (Å²) in [4.78, 5) is 14.2. The van der Waals surface area contributed by atoms with E-state index in [2.05, 4.69) is 17.3 Å². The minimum Gasteiger partial charge on any atom is -0.397 e. The summed E-state index contributed by atoms with van der Waals surface area (Å²) in [6, 6.07) is 2.17. The van der Waals surface area contributed by atoms with Gasteiger partial charge in [0.1, 0.15) is 5.69 Å². The van der Waals surface area contributed by atoms with Crippen molar-refractivity contribution in [2.75, 3.05) is 25.9 Å². The molecule has 0 aliphatic carbocycles. The van der Waals surface area contributed by atoms with Crippen LogP contribution in [0.3, 0.4) is 0 Å². The van der Waals surface area contributed by atoms with Crippen LogP contribution in [0.5, 0.6) is 0 Å². The van der Waals surface area contributed by atoms with Gasteiger partial charge in [0.05, 0.1) is 5.69 Å². The zero-order valence-electron chi connectivity index (χ0n) is 10.4. The van der Waals surface area contributed by atoms with Crippen LogP contribution in [-0.2, 0) is 7.05 Å². The van der Waals surface area contributed by atoms with E-state index >= 15 is 0 Å². The van der Waals surface area contributed by atoms with Crippen LogP contribution in [0.2, 0.25) is 0 Å². The molecular formula is C12H20N4O. The Labute approximate surface area is 102 Å². The molecule has 0 bridgehead atoms. The molecule has 5 heteroatoms. The molecule has 1 saturated heterocycles. The summed E-state index contributed by atoms with van der Waals surface area (Å²) in [5, 5.41) is 2.97. The Morgan fingerprint density at radius 3 is 2.88 bits per heavy atom. The smallest absolute Gasteiger partial charge is 0.268 e. The predicted molar refractivity (Wildman–Crippen MR) is 67.8 cm³/mol. The molecule has 17 heavy (non-hydrogen) atoms. The summed E-state index contributed by atoms with van der Waals surface area (Å²) in [5.74, 6) is -0.0514. The number of likely N-dealkylation sites (N-methyl/N-ethyl adjacent to an activating group) is 1. The first-order valence-corrected chi connectivity index (χ1v) is 5.98. The number of nitrogen functional groups attached to an aromatic ring is 1. The number of rotatable bonds is 3. The number of nitrogens with one attached hydrogen (secondary N) is 1. The van der Waals surface area contributed by atoms with Gasteiger partial charge in [-0.1, -0.05) is 0 Å². The number of amides is 1. The third-order valence-electron chi connectivity index (χ3n) is 3.43. The number of aromatic nitrogens is 1. The summed E-state index contributed by atoms with van der Waals surface area (Å²) in [6.45, 7) is 1.83. The number of nitrogens with zero attached hydrogens (tertiary/aromatic N) is 2. The Morgan fingerprint density at radius 1 is 1.59 bits per heavy atom. The molecule has 0 aromatic carbocycles. The molecule has 5 nitrogen and oxygen atoms in total. The lowest BCUT2D eigenvalue weighted by molar-refractivity contribution is 0.0935. The number of carbonyl (C=O) groups excluding carboxylic acids is 1. The van der Waals surface area contributed by atoms with E-state index in [9.17, 15) is 4.79 Å². The van der Waals surface area contributed by atoms with Gasteiger partial charge in [-0.3, -0.25) is 4.79 Å². The lowest BCUT2D eigenvalue weighted by Gasteiger charge is -2.19. The van der Waals surface area contributed by atoms with Crippen molar-refractivity contribution in [3.05, 3.63) is 18.0 Å². The number of nitrogens with two attached hydrogens (primary N) is 1. The van der Waals surface area contributed by atoms with Crippen LogP contribution in [0.25, 0.3) is 0 Å². The van der Waals surface area contributed by atoms with Crippen LogP contribution >= 0.6 is 0 Å². The maximum Gasteiger partial charge on any atom is 0.268 e. The van der Waals surface area contributed by atoms with Crippen molar-refractivity contribution >= 4 is 11.6 Å². The van der Waals surface area contributed by atoms with E-state index in [4.69, 9.17) is 5.73 Å². The average molecular weight is 236 g/mol. The van der Waals surface area contributed by atoms with Gasteiger partial charge in [0.2, 0.25) is 0 Å². The minimum absolute atomic E-state index is 0.0514. The third kappa shape index (κ3) is 2.61. The number of hydrogen-bond acceptors (Lipinski definition) is 3. The fraction of sp³-hybridized carbons (Fsp3) is 0.583. The molecule has 0 saturated carbocycles. The number of aryl methyl sites for hydroxylation is 1. The topological polar surface area (TPSA) is 63.3 Å². The average Bonchev–Trinajstić information content (AvgIpc) is 2.81. The summed E-state index contributed by atoms with van der Waals surface area (Å²) in [5.41, 5.74) is 6.88. The molecule has 2 heterocycles. The van der Waals surface area contributed by atoms with E-state index in [1.807, 2.05) is 7.05 Å². The summed E-state index contributed by atoms with van der Waals surface area (Å²) < 4.78 is 1.75. The quantitative estimate of drug-likeness (QED) is 0.800. The van der Waals surface area contributed by atoms with Crippen molar-refractivity contribution in [3.63, 3.8) is 0 Å². The highest BCUT2D eigenvalue weighted by Gasteiger charge is 2.21. The standard InChI is InChI=1S/C12H20N4O/c1-15-5-3-4-10(15)7-14-12(17)11-6-9(13)8-16(11)2/h6,8,10H,3-5,7,13H2,1-2H3,(H,14,17). The molecule has 1 aromatic rings. The Bertz CT molecular complexity index is 413. The van der Waals surface area contributed by atoms with Crippen LogP contribution in [0.15, 0.2) is 12.3 Å². The van der Waals surface area contributed by atoms with E-state index in [0.29, 0.717) is 24.0 Å². The fourth-order valence-corrected chi connectivity index (χ4v) is 2.35. The Morgan fingerprint density at radius 2 is 2.35 bits per heavy atom. The third-order valence-corrected chi connectivity index (χ3v) is 3.43. The second-order valence-electron chi connectivity index (χ2n) is 4.76. The van der Waals surface area contributed by atoms with E-state index in [1.165, 1.54) is 6.42 Å². The summed E-state index contributed by atoms with van der Waals surface area (Å²) in [7, 11) is 3.93. The van der Waals surface area contributed by atoms with Crippen molar-refractivity contribution in [2.45, 2.75) is 18.9 Å². The molecule has 1 atom stereocenters. The van der Waals surface area contributed by atoms with Crippen LogP contribution in [0, 0.1) is 0 Å². The highest BCUT2D eigenvalue weighted by atomic mass is 16.1. The van der Waals surface area contributed by atoms with E-state index in [0.717, 1.165) is 13.0 Å². The monoisotopic (exact) mass is 236 g/mol. The van der Waals surface area contributed by atoms with Crippen LogP contribution in [0.4, 0.5) is 5.69 Å². The summed E-state index contributed by atoms with van der Waals surface area (Å²) >= 11 is 0. The molecule has 94 valence electrons. The molecule has 1 unspecified atom stereocenters. The first-order valence-electron chi connectivity index (χ1n) is 5.98. The summed E-state index contributed by atoms with van der Waals surface area (Å²) in [6.07, 6.45) is 4.12. The Hall–Kier alpha value is -1.49. The molecule has 1 aliphatic rings. The van der Waals surface area contributed by atoms with Gasteiger partial charge in [0.15, 0.2) is 0 Å². The maximum absolute atomic E-state index is 11.9. The first kappa shape index (κ1) is 12.0. The lowest BCUT2D eigenvalue weighted by atomic mass is 10.2. The van der Waals surface area contributed by atoms with Crippen LogP contribution in [-0.4, -0.2) is 41.6 Å². The largest absolute Gasteiger partial charge is 0.397 e. The van der Waals surface area contributed by atoms with Gasteiger partial charge < -0.3 is 20.5 Å². The van der Waals surface area contributed by atoms with Crippen molar-refractivity contribution in [2.24, 2.45) is 7.05 Å². The molecular weight excluding hydrogens is 216 g/mol. The molecule has 1 fully saturated rings. The lowest BCUT2D eigenvalue weighted by Crippen LogP contribution is -2.38. The first-order chi connectivity index (χ1) is 8.08. The minimum atomic E-state index is -0.0514. The second-order valence-corrected chi connectivity index (χ2v) is 4.76. The normalized spacial score (nSPS) is 20.7. The molecule has 0 spiro atoms. The van der Waals surface area contributed by atoms with Gasteiger partial charge in [0, 0.05) is 25.8 Å². The van der Waals surface area contributed by atoms with Crippen molar-refractivity contribution in [1.29, 1.82) is 0 Å². The fourth-order valence-electron chi connectivity index (χ4n) is 2.35. The van der Waals surface area contributed by atoms with Crippen molar-refractivity contribution < 1.29 is 4.79 Å². The molecule has 2 rings (SSSR count). The highest BCUT2D eigenvalue weighted by molar-refractivity contribution is 5.93. The van der Waals surface area contributed by atoms with Gasteiger partial charge in [-0.25, -0.2) is 0 Å². The van der Waals surface area contributed by atoms with Crippen molar-refractivity contribution in [3.8, 4) is 0 Å². The van der Waals surface area contributed by atoms with Gasteiger partial charge in [-0.05, 0) is 32.5 Å². The van der Waals surface area contributed by atoms with Crippen LogP contribution < -0.4 is 11.1 Å². The zero-order valence-corrected chi connectivity index (χ0v) is 10.4. The van der Waals surface area contributed by atoms with Crippen LogP contribution in [0.1, 0.15) is 23.3 Å². The SMILES string of the molecule is CN1CCCC1CNC(=O)c1cc(N)cn1C. The van der Waals surface area contributed by atoms with Gasteiger partial charge >= 0.3 is 0 Å². The number of likely N-dealkylation sites (tertiary alicyclic amines) is 1. The Kier molecular flexibility index (Phi) is 3.38. The predicted octanol–water partition coefficient (Wildman–Crippen LogP) is 0.431. The van der Waals surface area contributed by atoms with Gasteiger partial charge in [0.25, 0.3) is 5.91 Å². The van der Waals surface area contributed by atoms with Crippen molar-refractivity contribution in [1.82, 2.24) is 14.8 Å². The molecule has 1 amide bonds. The van der Waals surface area contributed by atoms with E-state index in [1.54, 1.807) is 16.8 Å². The van der Waals surface area contributed by atoms with E-state index < -0.39 is 0 Å². The molecule has 1 aliphatic heterocycles.